The zero-order chi connectivity index (χ0) is 16.5. The van der Waals surface area contributed by atoms with Crippen LogP contribution in [0.4, 0.5) is 0 Å². The number of hydrogen-bond acceptors (Lipinski definition) is 3. The summed E-state index contributed by atoms with van der Waals surface area (Å²) in [6.07, 6.45) is 10.0. The Morgan fingerprint density at radius 1 is 1.09 bits per heavy atom. The van der Waals surface area contributed by atoms with Gasteiger partial charge in [0.15, 0.2) is 0 Å². The van der Waals surface area contributed by atoms with Crippen molar-refractivity contribution in [3.05, 3.63) is 0 Å². The van der Waals surface area contributed by atoms with Gasteiger partial charge in [-0.3, -0.25) is 0 Å². The summed E-state index contributed by atoms with van der Waals surface area (Å²) in [5, 5.41) is 0. The Labute approximate surface area is 141 Å². The molecule has 3 rings (SSSR count). The topological polar surface area (TPSA) is 49.9 Å². The monoisotopic (exact) mass is 344 g/mol. The Morgan fingerprint density at radius 3 is 2.26 bits per heavy atom. The Kier molecular flexibility index (Phi) is 5.36. The zero-order valence-electron chi connectivity index (χ0n) is 14.7. The van der Waals surface area contributed by atoms with Gasteiger partial charge in [-0.05, 0) is 39.0 Å². The SMILES string of the molecule is CCOC1CC(N(C)S(=O)(=O)N2CCCCCC2)C12CCCC2. The smallest absolute Gasteiger partial charge is 0.281 e. The van der Waals surface area contributed by atoms with E-state index in [4.69, 9.17) is 4.74 Å². The van der Waals surface area contributed by atoms with Crippen LogP contribution in [-0.4, -0.2) is 55.9 Å². The van der Waals surface area contributed by atoms with Gasteiger partial charge < -0.3 is 4.74 Å². The Morgan fingerprint density at radius 2 is 1.70 bits per heavy atom. The summed E-state index contributed by atoms with van der Waals surface area (Å²) >= 11 is 0. The van der Waals surface area contributed by atoms with E-state index in [0.29, 0.717) is 13.1 Å². The summed E-state index contributed by atoms with van der Waals surface area (Å²) in [5.74, 6) is 0. The highest BCUT2D eigenvalue weighted by Gasteiger charge is 2.60. The molecule has 6 heteroatoms. The Hall–Kier alpha value is -0.170. The van der Waals surface area contributed by atoms with Crippen molar-refractivity contribution in [3.63, 3.8) is 0 Å². The lowest BCUT2D eigenvalue weighted by Gasteiger charge is -2.56. The summed E-state index contributed by atoms with van der Waals surface area (Å²) in [6, 6.07) is 0.120. The van der Waals surface area contributed by atoms with Gasteiger partial charge in [0.05, 0.1) is 6.10 Å². The highest BCUT2D eigenvalue weighted by molar-refractivity contribution is 7.86. The van der Waals surface area contributed by atoms with Gasteiger partial charge in [0.2, 0.25) is 0 Å². The zero-order valence-corrected chi connectivity index (χ0v) is 15.5. The van der Waals surface area contributed by atoms with Crippen LogP contribution < -0.4 is 0 Å². The van der Waals surface area contributed by atoms with Crippen molar-refractivity contribution in [2.45, 2.75) is 76.9 Å². The van der Waals surface area contributed by atoms with E-state index >= 15 is 0 Å². The maximum absolute atomic E-state index is 13.1. The molecule has 0 radical (unpaired) electrons. The van der Waals surface area contributed by atoms with Crippen molar-refractivity contribution in [1.29, 1.82) is 0 Å². The lowest BCUT2D eigenvalue weighted by Crippen LogP contribution is -2.65. The van der Waals surface area contributed by atoms with E-state index in [1.165, 1.54) is 12.8 Å². The van der Waals surface area contributed by atoms with Crippen LogP contribution >= 0.6 is 0 Å². The summed E-state index contributed by atoms with van der Waals surface area (Å²) in [7, 11) is -1.54. The minimum atomic E-state index is -3.34. The second-order valence-electron chi connectivity index (χ2n) is 7.47. The predicted octanol–water partition coefficient (Wildman–Crippen LogP) is 2.78. The van der Waals surface area contributed by atoms with Crippen LogP contribution in [0.25, 0.3) is 0 Å². The average Bonchev–Trinajstić information content (AvgIpc) is 2.89. The minimum Gasteiger partial charge on any atom is -0.378 e. The summed E-state index contributed by atoms with van der Waals surface area (Å²) < 4.78 is 35.5. The first-order valence-electron chi connectivity index (χ1n) is 9.37. The van der Waals surface area contributed by atoms with E-state index < -0.39 is 10.2 Å². The van der Waals surface area contributed by atoms with Crippen LogP contribution in [0.5, 0.6) is 0 Å². The maximum Gasteiger partial charge on any atom is 0.281 e. The fourth-order valence-corrected chi connectivity index (χ4v) is 6.68. The molecule has 1 saturated heterocycles. The number of nitrogens with zero attached hydrogens (tertiary/aromatic N) is 2. The molecule has 3 fully saturated rings. The summed E-state index contributed by atoms with van der Waals surface area (Å²) in [6.45, 7) is 4.12. The first kappa shape index (κ1) is 17.6. The fraction of sp³-hybridized carbons (Fsp3) is 1.00. The lowest BCUT2D eigenvalue weighted by molar-refractivity contribution is -0.146. The third-order valence-corrected chi connectivity index (χ3v) is 8.34. The molecule has 2 saturated carbocycles. The number of ether oxygens (including phenoxy) is 1. The maximum atomic E-state index is 13.1. The first-order valence-corrected chi connectivity index (χ1v) is 10.8. The predicted molar refractivity (Wildman–Crippen MR) is 91.4 cm³/mol. The quantitative estimate of drug-likeness (QED) is 0.770. The molecular formula is C17H32N2O3S. The standard InChI is InChI=1S/C17H32N2O3S/c1-3-22-16-14-15(17(16)10-6-7-11-17)18(2)23(20,21)19-12-8-4-5-9-13-19/h15-16H,3-14H2,1-2H3. The fourth-order valence-electron chi connectivity index (χ4n) is 4.98. The van der Waals surface area contributed by atoms with Gasteiger partial charge >= 0.3 is 0 Å². The normalized spacial score (nSPS) is 32.1. The highest BCUT2D eigenvalue weighted by Crippen LogP contribution is 2.57. The summed E-state index contributed by atoms with van der Waals surface area (Å²) in [4.78, 5) is 0. The molecule has 134 valence electrons. The van der Waals surface area contributed by atoms with Gasteiger partial charge in [0.25, 0.3) is 10.2 Å². The molecule has 1 spiro atoms. The van der Waals surface area contributed by atoms with Gasteiger partial charge in [0, 0.05) is 38.2 Å². The first-order chi connectivity index (χ1) is 11.0. The molecule has 2 aliphatic carbocycles. The molecule has 0 aromatic heterocycles. The van der Waals surface area contributed by atoms with Gasteiger partial charge in [-0.2, -0.15) is 17.0 Å². The van der Waals surface area contributed by atoms with Gasteiger partial charge in [0.1, 0.15) is 0 Å². The molecule has 1 aliphatic heterocycles. The summed E-state index contributed by atoms with van der Waals surface area (Å²) in [5.41, 5.74) is 0.0731. The van der Waals surface area contributed by atoms with Crippen LogP contribution in [0.1, 0.15) is 64.7 Å². The molecule has 0 aromatic carbocycles. The van der Waals surface area contributed by atoms with Crippen molar-refractivity contribution in [3.8, 4) is 0 Å². The lowest BCUT2D eigenvalue weighted by atomic mass is 9.60. The molecule has 0 aromatic rings. The van der Waals surface area contributed by atoms with Crippen molar-refractivity contribution in [1.82, 2.24) is 8.61 Å². The van der Waals surface area contributed by atoms with E-state index in [1.807, 2.05) is 6.92 Å². The van der Waals surface area contributed by atoms with Crippen LogP contribution in [-0.2, 0) is 14.9 Å². The van der Waals surface area contributed by atoms with Crippen molar-refractivity contribution < 1.29 is 13.2 Å². The van der Waals surface area contributed by atoms with Crippen molar-refractivity contribution >= 4 is 10.2 Å². The molecule has 23 heavy (non-hydrogen) atoms. The van der Waals surface area contributed by atoms with Crippen molar-refractivity contribution in [2.75, 3.05) is 26.7 Å². The van der Waals surface area contributed by atoms with E-state index in [2.05, 4.69) is 0 Å². The Balaban J connectivity index is 1.75. The highest BCUT2D eigenvalue weighted by atomic mass is 32.2. The molecule has 5 nitrogen and oxygen atoms in total. The number of hydrogen-bond donors (Lipinski definition) is 0. The van der Waals surface area contributed by atoms with Crippen LogP contribution in [0, 0.1) is 5.41 Å². The second kappa shape index (κ2) is 6.98. The largest absolute Gasteiger partial charge is 0.378 e. The van der Waals surface area contributed by atoms with Gasteiger partial charge in [-0.15, -0.1) is 0 Å². The average molecular weight is 345 g/mol. The Bertz CT molecular complexity index is 494. The molecule has 1 heterocycles. The molecule has 0 amide bonds. The van der Waals surface area contributed by atoms with Crippen LogP contribution in [0.15, 0.2) is 0 Å². The van der Waals surface area contributed by atoms with E-state index in [0.717, 1.165) is 51.6 Å². The van der Waals surface area contributed by atoms with Crippen molar-refractivity contribution in [2.24, 2.45) is 5.41 Å². The van der Waals surface area contributed by atoms with Gasteiger partial charge in [-0.25, -0.2) is 0 Å². The van der Waals surface area contributed by atoms with Crippen LogP contribution in [0.2, 0.25) is 0 Å². The number of rotatable bonds is 5. The second-order valence-corrected chi connectivity index (χ2v) is 9.46. The molecule has 0 bridgehead atoms. The molecule has 2 atom stereocenters. The molecule has 0 N–H and O–H groups in total. The molecular weight excluding hydrogens is 312 g/mol. The molecule has 3 aliphatic rings. The molecule has 2 unspecified atom stereocenters. The third-order valence-electron chi connectivity index (χ3n) is 6.34. The van der Waals surface area contributed by atoms with E-state index in [1.54, 1.807) is 15.7 Å². The minimum absolute atomic E-state index is 0.0731. The van der Waals surface area contributed by atoms with Crippen LogP contribution in [0.3, 0.4) is 0 Å². The van der Waals surface area contributed by atoms with E-state index in [9.17, 15) is 8.42 Å². The van der Waals surface area contributed by atoms with E-state index in [-0.39, 0.29) is 17.6 Å². The van der Waals surface area contributed by atoms with Gasteiger partial charge in [-0.1, -0.05) is 25.7 Å². The third kappa shape index (κ3) is 3.08.